The van der Waals surface area contributed by atoms with Crippen LogP contribution in [0.5, 0.6) is 11.5 Å². The van der Waals surface area contributed by atoms with Crippen molar-refractivity contribution in [3.63, 3.8) is 0 Å². The van der Waals surface area contributed by atoms with E-state index in [-0.39, 0.29) is 11.8 Å². The lowest BCUT2D eigenvalue weighted by Crippen LogP contribution is -2.26. The molecule has 6 heteroatoms. The van der Waals surface area contributed by atoms with Crippen LogP contribution in [-0.4, -0.2) is 30.2 Å². The standard InChI is InChI=1S/C14H15NO5/c16-13(9-6-10(9)14(17)18)15-7-8-1-2-11-12(5-8)20-4-3-19-11/h1-2,5,9-10H,3-4,6-7H2,(H,15,16)(H,17,18)/t9-,10-/m1/s1. The molecule has 0 saturated heterocycles. The number of hydrogen-bond acceptors (Lipinski definition) is 4. The number of aliphatic carboxylic acids is 1. The van der Waals surface area contributed by atoms with Gasteiger partial charge in [0.25, 0.3) is 0 Å². The zero-order valence-electron chi connectivity index (χ0n) is 10.8. The summed E-state index contributed by atoms with van der Waals surface area (Å²) in [6.07, 6.45) is 0.433. The quantitative estimate of drug-likeness (QED) is 0.850. The van der Waals surface area contributed by atoms with Gasteiger partial charge >= 0.3 is 5.97 Å². The van der Waals surface area contributed by atoms with Gasteiger partial charge in [-0.05, 0) is 24.1 Å². The SMILES string of the molecule is O=C(O)[C@@H]1C[C@H]1C(=O)NCc1ccc2c(c1)OCCO2. The molecule has 1 aliphatic heterocycles. The molecule has 0 bridgehead atoms. The summed E-state index contributed by atoms with van der Waals surface area (Å²) in [4.78, 5) is 22.5. The van der Waals surface area contributed by atoms with Crippen molar-refractivity contribution in [1.82, 2.24) is 5.32 Å². The molecule has 2 N–H and O–H groups in total. The van der Waals surface area contributed by atoms with E-state index in [1.54, 1.807) is 0 Å². The van der Waals surface area contributed by atoms with Gasteiger partial charge in [0.05, 0.1) is 11.8 Å². The highest BCUT2D eigenvalue weighted by atomic mass is 16.6. The maximum Gasteiger partial charge on any atom is 0.307 e. The lowest BCUT2D eigenvalue weighted by molar-refractivity contribution is -0.140. The van der Waals surface area contributed by atoms with Gasteiger partial charge in [0.1, 0.15) is 13.2 Å². The summed E-state index contributed by atoms with van der Waals surface area (Å²) in [5.41, 5.74) is 0.898. The number of amides is 1. The highest BCUT2D eigenvalue weighted by Crippen LogP contribution is 2.38. The first kappa shape index (κ1) is 12.8. The number of hydrogen-bond donors (Lipinski definition) is 2. The summed E-state index contributed by atoms with van der Waals surface area (Å²) in [6, 6.07) is 5.50. The molecule has 1 aromatic rings. The first-order valence-electron chi connectivity index (χ1n) is 6.54. The van der Waals surface area contributed by atoms with Crippen molar-refractivity contribution < 1.29 is 24.2 Å². The van der Waals surface area contributed by atoms with Crippen LogP contribution < -0.4 is 14.8 Å². The van der Waals surface area contributed by atoms with Crippen LogP contribution >= 0.6 is 0 Å². The third kappa shape index (κ3) is 2.54. The molecule has 1 saturated carbocycles. The Morgan fingerprint density at radius 3 is 2.65 bits per heavy atom. The average Bonchev–Trinajstić information content (AvgIpc) is 3.25. The molecule has 0 unspecified atom stereocenters. The van der Waals surface area contributed by atoms with Crippen molar-refractivity contribution in [3.8, 4) is 11.5 Å². The lowest BCUT2D eigenvalue weighted by Gasteiger charge is -2.19. The van der Waals surface area contributed by atoms with Gasteiger partial charge in [-0.25, -0.2) is 0 Å². The molecule has 0 radical (unpaired) electrons. The van der Waals surface area contributed by atoms with E-state index < -0.39 is 11.9 Å². The Kier molecular flexibility index (Phi) is 3.22. The fourth-order valence-corrected chi connectivity index (χ4v) is 2.28. The van der Waals surface area contributed by atoms with E-state index in [0.717, 1.165) is 5.56 Å². The first-order valence-corrected chi connectivity index (χ1v) is 6.54. The smallest absolute Gasteiger partial charge is 0.307 e. The number of carbonyl (C=O) groups excluding carboxylic acids is 1. The number of benzene rings is 1. The Balaban J connectivity index is 1.56. The zero-order chi connectivity index (χ0) is 14.1. The molecule has 1 amide bonds. The van der Waals surface area contributed by atoms with Crippen molar-refractivity contribution in [2.75, 3.05) is 13.2 Å². The van der Waals surface area contributed by atoms with Crippen LogP contribution in [0, 0.1) is 11.8 Å². The minimum atomic E-state index is -0.899. The van der Waals surface area contributed by atoms with Crippen LogP contribution in [0.4, 0.5) is 0 Å². The van der Waals surface area contributed by atoms with Gasteiger partial charge < -0.3 is 19.9 Å². The predicted molar refractivity (Wildman–Crippen MR) is 68.5 cm³/mol. The van der Waals surface area contributed by atoms with Crippen molar-refractivity contribution in [2.24, 2.45) is 11.8 Å². The number of fused-ring (bicyclic) bond motifs is 1. The largest absolute Gasteiger partial charge is 0.486 e. The van der Waals surface area contributed by atoms with E-state index in [9.17, 15) is 9.59 Å². The van der Waals surface area contributed by atoms with Crippen LogP contribution in [0.2, 0.25) is 0 Å². The maximum atomic E-state index is 11.8. The van der Waals surface area contributed by atoms with Gasteiger partial charge in [-0.3, -0.25) is 9.59 Å². The van der Waals surface area contributed by atoms with E-state index in [4.69, 9.17) is 14.6 Å². The van der Waals surface area contributed by atoms with Gasteiger partial charge in [-0.2, -0.15) is 0 Å². The lowest BCUT2D eigenvalue weighted by atomic mass is 10.2. The maximum absolute atomic E-state index is 11.8. The van der Waals surface area contributed by atoms with Crippen LogP contribution in [-0.2, 0) is 16.1 Å². The minimum Gasteiger partial charge on any atom is -0.486 e. The summed E-state index contributed by atoms with van der Waals surface area (Å²) in [5, 5.41) is 11.5. The van der Waals surface area contributed by atoms with Crippen molar-refractivity contribution in [1.29, 1.82) is 0 Å². The molecule has 2 atom stereocenters. The molecule has 0 spiro atoms. The van der Waals surface area contributed by atoms with Crippen molar-refractivity contribution in [3.05, 3.63) is 23.8 Å². The second-order valence-electron chi connectivity index (χ2n) is 4.98. The number of nitrogens with one attached hydrogen (secondary N) is 1. The van der Waals surface area contributed by atoms with Crippen LogP contribution in [0.1, 0.15) is 12.0 Å². The summed E-state index contributed by atoms with van der Waals surface area (Å²) in [7, 11) is 0. The van der Waals surface area contributed by atoms with E-state index in [2.05, 4.69) is 5.32 Å². The molecule has 6 nitrogen and oxygen atoms in total. The molecule has 0 aromatic heterocycles. The summed E-state index contributed by atoms with van der Waals surface area (Å²) in [6.45, 7) is 1.42. The third-order valence-electron chi connectivity index (χ3n) is 3.52. The second kappa shape index (κ2) is 5.03. The molecular weight excluding hydrogens is 262 g/mol. The van der Waals surface area contributed by atoms with E-state index in [1.165, 1.54) is 0 Å². The fraction of sp³-hybridized carbons (Fsp3) is 0.429. The molecule has 3 rings (SSSR count). The van der Waals surface area contributed by atoms with E-state index in [0.29, 0.717) is 37.7 Å². The normalized spacial score (nSPS) is 23.0. The Hall–Kier alpha value is -2.24. The van der Waals surface area contributed by atoms with E-state index >= 15 is 0 Å². The molecule has 1 heterocycles. The van der Waals surface area contributed by atoms with Gasteiger partial charge in [-0.15, -0.1) is 0 Å². The number of ether oxygens (including phenoxy) is 2. The Morgan fingerprint density at radius 1 is 1.20 bits per heavy atom. The zero-order valence-corrected chi connectivity index (χ0v) is 10.8. The van der Waals surface area contributed by atoms with Gasteiger partial charge in [0.2, 0.25) is 5.91 Å². The molecule has 1 aromatic carbocycles. The number of rotatable bonds is 4. The van der Waals surface area contributed by atoms with Crippen molar-refractivity contribution in [2.45, 2.75) is 13.0 Å². The summed E-state index contributed by atoms with van der Waals surface area (Å²) >= 11 is 0. The van der Waals surface area contributed by atoms with Crippen LogP contribution in [0.25, 0.3) is 0 Å². The molecule has 106 valence electrons. The van der Waals surface area contributed by atoms with Crippen LogP contribution in [0.15, 0.2) is 18.2 Å². The highest BCUT2D eigenvalue weighted by molar-refractivity contribution is 5.89. The monoisotopic (exact) mass is 277 g/mol. The molecule has 1 fully saturated rings. The number of carboxylic acid groups (broad SMARTS) is 1. The third-order valence-corrected chi connectivity index (χ3v) is 3.52. The van der Waals surface area contributed by atoms with Gasteiger partial charge in [0, 0.05) is 6.54 Å². The van der Waals surface area contributed by atoms with Gasteiger partial charge in [0.15, 0.2) is 11.5 Å². The number of carboxylic acids is 1. The topological polar surface area (TPSA) is 84.9 Å². The molecular formula is C14H15NO5. The van der Waals surface area contributed by atoms with Gasteiger partial charge in [-0.1, -0.05) is 6.07 Å². The van der Waals surface area contributed by atoms with Crippen molar-refractivity contribution >= 4 is 11.9 Å². The average molecular weight is 277 g/mol. The Bertz CT molecular complexity index is 556. The fourth-order valence-electron chi connectivity index (χ4n) is 2.28. The first-order chi connectivity index (χ1) is 9.65. The Labute approximate surface area is 115 Å². The Morgan fingerprint density at radius 2 is 1.95 bits per heavy atom. The summed E-state index contributed by atoms with van der Waals surface area (Å²) in [5.74, 6) is -0.617. The molecule has 20 heavy (non-hydrogen) atoms. The van der Waals surface area contributed by atoms with E-state index in [1.807, 2.05) is 18.2 Å². The molecule has 2 aliphatic rings. The number of carbonyl (C=O) groups is 2. The second-order valence-corrected chi connectivity index (χ2v) is 4.98. The molecule has 1 aliphatic carbocycles. The summed E-state index contributed by atoms with van der Waals surface area (Å²) < 4.78 is 10.9. The predicted octanol–water partition coefficient (Wildman–Crippen LogP) is 0.795. The van der Waals surface area contributed by atoms with Crippen LogP contribution in [0.3, 0.4) is 0 Å². The minimum absolute atomic E-state index is 0.202. The highest BCUT2D eigenvalue weighted by Gasteiger charge is 2.48.